The summed E-state index contributed by atoms with van der Waals surface area (Å²) < 4.78 is 28.6. The Balaban J connectivity index is 1.86. The van der Waals surface area contributed by atoms with Crippen molar-refractivity contribution >= 4 is 0 Å². The van der Waals surface area contributed by atoms with Gasteiger partial charge in [0.1, 0.15) is 11.6 Å². The molecule has 0 N–H and O–H groups in total. The lowest BCUT2D eigenvalue weighted by Gasteiger charge is -2.09. The van der Waals surface area contributed by atoms with Crippen LogP contribution in [0.15, 0.2) is 78.9 Å². The average molecular weight is 360 g/mol. The maximum atomic E-state index is 13.4. The van der Waals surface area contributed by atoms with Gasteiger partial charge in [0, 0.05) is 16.7 Å². The van der Waals surface area contributed by atoms with Gasteiger partial charge >= 0.3 is 0 Å². The molecule has 0 radical (unpaired) electrons. The predicted molar refractivity (Wildman–Crippen MR) is 103 cm³/mol. The monoisotopic (exact) mass is 360 g/mol. The van der Waals surface area contributed by atoms with Crippen LogP contribution >= 0.6 is 0 Å². The topological polar surface area (TPSA) is 17.8 Å². The zero-order valence-corrected chi connectivity index (χ0v) is 14.9. The van der Waals surface area contributed by atoms with Gasteiger partial charge in [0.25, 0.3) is 0 Å². The van der Waals surface area contributed by atoms with Gasteiger partial charge in [0.15, 0.2) is 0 Å². The minimum Gasteiger partial charge on any atom is -0.260 e. The lowest BCUT2D eigenvalue weighted by Crippen LogP contribution is -2.04. The summed E-state index contributed by atoms with van der Waals surface area (Å²) in [6.45, 7) is 2.58. The molecule has 1 aromatic heterocycles. The van der Waals surface area contributed by atoms with Crippen LogP contribution in [0, 0.1) is 18.6 Å². The zero-order chi connectivity index (χ0) is 18.8. The second-order valence-corrected chi connectivity index (χ2v) is 6.48. The smallest absolute Gasteiger partial charge is 0.123 e. The molecule has 4 aromatic rings. The van der Waals surface area contributed by atoms with E-state index in [4.69, 9.17) is 5.10 Å². The van der Waals surface area contributed by atoms with E-state index in [9.17, 15) is 8.78 Å². The average Bonchev–Trinajstić information content (AvgIpc) is 3.00. The molecular formula is C23H18F2N2. The maximum absolute atomic E-state index is 13.4. The summed E-state index contributed by atoms with van der Waals surface area (Å²) in [6.07, 6.45) is 0. The number of hydrogen-bond donors (Lipinski definition) is 0. The number of nitrogens with zero attached hydrogens (tertiary/aromatic N) is 2. The molecule has 0 atom stereocenters. The minimum absolute atomic E-state index is 0.274. The summed E-state index contributed by atoms with van der Waals surface area (Å²) in [6, 6.07) is 22.8. The van der Waals surface area contributed by atoms with E-state index >= 15 is 0 Å². The van der Waals surface area contributed by atoms with Gasteiger partial charge in [-0.05, 0) is 61.0 Å². The van der Waals surface area contributed by atoms with Crippen molar-refractivity contribution in [3.63, 3.8) is 0 Å². The van der Waals surface area contributed by atoms with Gasteiger partial charge in [-0.1, -0.05) is 30.3 Å². The fraction of sp³-hybridized carbons (Fsp3) is 0.0870. The van der Waals surface area contributed by atoms with Crippen molar-refractivity contribution in [3.05, 3.63) is 102 Å². The van der Waals surface area contributed by atoms with Gasteiger partial charge in [0.2, 0.25) is 0 Å². The third-order valence-corrected chi connectivity index (χ3v) is 4.60. The highest BCUT2D eigenvalue weighted by Gasteiger charge is 2.18. The molecule has 0 bridgehead atoms. The third-order valence-electron chi connectivity index (χ3n) is 4.60. The summed E-state index contributed by atoms with van der Waals surface area (Å²) in [5, 5.41) is 4.80. The minimum atomic E-state index is -0.279. The Morgan fingerprint density at radius 3 is 1.89 bits per heavy atom. The first kappa shape index (κ1) is 17.2. The summed E-state index contributed by atoms with van der Waals surface area (Å²) in [5.74, 6) is -0.553. The van der Waals surface area contributed by atoms with Crippen molar-refractivity contribution in [2.24, 2.45) is 0 Å². The van der Waals surface area contributed by atoms with Crippen molar-refractivity contribution in [1.29, 1.82) is 0 Å². The van der Waals surface area contributed by atoms with Crippen molar-refractivity contribution in [3.8, 4) is 22.5 Å². The van der Waals surface area contributed by atoms with E-state index in [1.165, 1.54) is 24.3 Å². The Morgan fingerprint density at radius 2 is 1.30 bits per heavy atom. The molecule has 0 spiro atoms. The van der Waals surface area contributed by atoms with Gasteiger partial charge in [0.05, 0.1) is 17.9 Å². The first-order chi connectivity index (χ1) is 13.1. The highest BCUT2D eigenvalue weighted by molar-refractivity contribution is 5.74. The summed E-state index contributed by atoms with van der Waals surface area (Å²) in [4.78, 5) is 0. The van der Waals surface area contributed by atoms with Crippen molar-refractivity contribution in [2.75, 3.05) is 0 Å². The van der Waals surface area contributed by atoms with Gasteiger partial charge < -0.3 is 0 Å². The Labute approximate surface area is 156 Å². The lowest BCUT2D eigenvalue weighted by molar-refractivity contribution is 0.627. The van der Waals surface area contributed by atoms with Gasteiger partial charge in [-0.2, -0.15) is 5.10 Å². The standard InChI is InChI=1S/C23H18F2N2/c1-16-22(18-7-11-20(24)12-8-18)26-27(15-17-5-3-2-4-6-17)23(16)19-9-13-21(25)14-10-19/h2-14H,15H2,1H3. The predicted octanol–water partition coefficient (Wildman–Crippen LogP) is 5.85. The Kier molecular flexibility index (Phi) is 4.55. The summed E-state index contributed by atoms with van der Waals surface area (Å²) >= 11 is 0. The van der Waals surface area contributed by atoms with E-state index in [-0.39, 0.29) is 11.6 Å². The summed E-state index contributed by atoms with van der Waals surface area (Å²) in [7, 11) is 0. The van der Waals surface area contributed by atoms with Crippen molar-refractivity contribution in [1.82, 2.24) is 9.78 Å². The van der Waals surface area contributed by atoms with Crippen molar-refractivity contribution in [2.45, 2.75) is 13.5 Å². The fourth-order valence-electron chi connectivity index (χ4n) is 3.28. The van der Waals surface area contributed by atoms with Crippen LogP contribution in [0.3, 0.4) is 0 Å². The molecule has 0 aliphatic carbocycles. The highest BCUT2D eigenvalue weighted by Crippen LogP contribution is 2.32. The van der Waals surface area contributed by atoms with Crippen LogP contribution in [0.5, 0.6) is 0 Å². The van der Waals surface area contributed by atoms with Crippen molar-refractivity contribution < 1.29 is 8.78 Å². The second kappa shape index (κ2) is 7.16. The number of rotatable bonds is 4. The van der Waals surface area contributed by atoms with Crippen LogP contribution < -0.4 is 0 Å². The number of benzene rings is 3. The van der Waals surface area contributed by atoms with E-state index < -0.39 is 0 Å². The molecular weight excluding hydrogens is 342 g/mol. The molecule has 27 heavy (non-hydrogen) atoms. The molecule has 0 amide bonds. The zero-order valence-electron chi connectivity index (χ0n) is 14.9. The van der Waals surface area contributed by atoms with Gasteiger partial charge in [-0.25, -0.2) is 8.78 Å². The van der Waals surface area contributed by atoms with E-state index in [0.717, 1.165) is 33.6 Å². The maximum Gasteiger partial charge on any atom is 0.123 e. The first-order valence-corrected chi connectivity index (χ1v) is 8.75. The molecule has 0 aliphatic rings. The third kappa shape index (κ3) is 3.51. The number of halogens is 2. The highest BCUT2D eigenvalue weighted by atomic mass is 19.1. The molecule has 4 heteroatoms. The normalized spacial score (nSPS) is 10.9. The molecule has 0 saturated carbocycles. The van der Waals surface area contributed by atoms with Crippen LogP contribution in [0.1, 0.15) is 11.1 Å². The quantitative estimate of drug-likeness (QED) is 0.446. The molecule has 0 aliphatic heterocycles. The number of aromatic nitrogens is 2. The molecule has 2 nitrogen and oxygen atoms in total. The molecule has 0 fully saturated rings. The fourth-order valence-corrected chi connectivity index (χ4v) is 3.28. The summed E-state index contributed by atoms with van der Waals surface area (Å²) in [5.41, 5.74) is 5.57. The molecule has 0 unspecified atom stereocenters. The van der Waals surface area contributed by atoms with Crippen LogP contribution in [0.4, 0.5) is 8.78 Å². The van der Waals surface area contributed by atoms with E-state index in [2.05, 4.69) is 0 Å². The first-order valence-electron chi connectivity index (χ1n) is 8.75. The van der Waals surface area contributed by atoms with Crippen LogP contribution in [-0.4, -0.2) is 9.78 Å². The Bertz CT molecular complexity index is 1050. The SMILES string of the molecule is Cc1c(-c2ccc(F)cc2)nn(Cc2ccccc2)c1-c1ccc(F)cc1. The van der Waals surface area contributed by atoms with E-state index in [0.29, 0.717) is 6.54 Å². The molecule has 134 valence electrons. The Hall–Kier alpha value is -3.27. The van der Waals surface area contributed by atoms with E-state index in [1.807, 2.05) is 41.9 Å². The largest absolute Gasteiger partial charge is 0.260 e. The Morgan fingerprint density at radius 1 is 0.741 bits per heavy atom. The second-order valence-electron chi connectivity index (χ2n) is 6.48. The van der Waals surface area contributed by atoms with E-state index in [1.54, 1.807) is 24.3 Å². The van der Waals surface area contributed by atoms with Gasteiger partial charge in [-0.15, -0.1) is 0 Å². The molecule has 1 heterocycles. The van der Waals surface area contributed by atoms with Crippen LogP contribution in [-0.2, 0) is 6.54 Å². The molecule has 0 saturated heterocycles. The van der Waals surface area contributed by atoms with Crippen LogP contribution in [0.25, 0.3) is 22.5 Å². The molecule has 3 aromatic carbocycles. The lowest BCUT2D eigenvalue weighted by atomic mass is 10.0. The molecule has 4 rings (SSSR count). The van der Waals surface area contributed by atoms with Crippen LogP contribution in [0.2, 0.25) is 0 Å². The number of hydrogen-bond acceptors (Lipinski definition) is 1. The van der Waals surface area contributed by atoms with Gasteiger partial charge in [-0.3, -0.25) is 4.68 Å².